The van der Waals surface area contributed by atoms with Gasteiger partial charge in [-0.15, -0.1) is 0 Å². The van der Waals surface area contributed by atoms with Crippen molar-refractivity contribution in [1.29, 1.82) is 0 Å². The highest BCUT2D eigenvalue weighted by molar-refractivity contribution is 5.87. The molecule has 0 aliphatic heterocycles. The average molecular weight is 483 g/mol. The maximum atomic E-state index is 11.3. The largest absolute Gasteiger partial charge is 0.435 e. The third-order valence-corrected chi connectivity index (χ3v) is 2.69. The van der Waals surface area contributed by atoms with Gasteiger partial charge in [-0.25, -0.2) is 14.4 Å². The molecule has 9 nitrogen and oxygen atoms in total. The SMILES string of the molecule is C.C.C.C.C.C.C=C(C)C(=O)OCOCC(COCOC(=O)C(=C)C)OCOC(=O)C(=C)C. The fourth-order valence-corrected chi connectivity index (χ4v) is 1.25. The van der Waals surface area contributed by atoms with Crippen molar-refractivity contribution < 1.29 is 42.8 Å². The Labute approximate surface area is 202 Å². The van der Waals surface area contributed by atoms with Crippen LogP contribution >= 0.6 is 0 Å². The van der Waals surface area contributed by atoms with Gasteiger partial charge in [-0.3, -0.25) is 0 Å². The zero-order valence-corrected chi connectivity index (χ0v) is 15.9. The van der Waals surface area contributed by atoms with Gasteiger partial charge in [0.25, 0.3) is 0 Å². The van der Waals surface area contributed by atoms with E-state index < -0.39 is 24.0 Å². The van der Waals surface area contributed by atoms with Gasteiger partial charge in [0.05, 0.1) is 13.2 Å². The van der Waals surface area contributed by atoms with Crippen molar-refractivity contribution >= 4 is 17.9 Å². The Kier molecular flexibility index (Phi) is 40.1. The second kappa shape index (κ2) is 27.5. The molecule has 0 amide bonds. The Morgan fingerprint density at radius 1 is 0.576 bits per heavy atom. The summed E-state index contributed by atoms with van der Waals surface area (Å²) in [5.41, 5.74) is 0.697. The van der Waals surface area contributed by atoms with Crippen LogP contribution in [0.15, 0.2) is 36.5 Å². The molecule has 0 atom stereocenters. The van der Waals surface area contributed by atoms with Crippen molar-refractivity contribution in [3.8, 4) is 0 Å². The highest BCUT2D eigenvalue weighted by Crippen LogP contribution is 2.01. The molecule has 0 N–H and O–H groups in total. The lowest BCUT2D eigenvalue weighted by atomic mass is 10.4. The van der Waals surface area contributed by atoms with Crippen LogP contribution in [0.5, 0.6) is 0 Å². The smallest absolute Gasteiger partial charge is 0.335 e. The summed E-state index contributed by atoms with van der Waals surface area (Å²) in [4.78, 5) is 33.8. The van der Waals surface area contributed by atoms with E-state index >= 15 is 0 Å². The van der Waals surface area contributed by atoms with Gasteiger partial charge in [-0.2, -0.15) is 0 Å². The van der Waals surface area contributed by atoms with Gasteiger partial charge in [0.2, 0.25) is 0 Å². The van der Waals surface area contributed by atoms with Gasteiger partial charge in [0, 0.05) is 16.7 Å². The number of carbonyl (C=O) groups excluding carboxylic acids is 3. The Morgan fingerprint density at radius 3 is 1.12 bits per heavy atom. The fraction of sp³-hybridized carbons (Fsp3) is 0.625. The molecule has 0 spiro atoms. The molecule has 0 aliphatic carbocycles. The highest BCUT2D eigenvalue weighted by Gasteiger charge is 2.14. The molecule has 0 radical (unpaired) electrons. The van der Waals surface area contributed by atoms with E-state index in [0.29, 0.717) is 0 Å². The van der Waals surface area contributed by atoms with Gasteiger partial charge >= 0.3 is 17.9 Å². The minimum absolute atomic E-state index is 0. The summed E-state index contributed by atoms with van der Waals surface area (Å²) >= 11 is 0. The minimum atomic E-state index is -0.685. The maximum Gasteiger partial charge on any atom is 0.335 e. The van der Waals surface area contributed by atoms with Gasteiger partial charge in [0.1, 0.15) is 6.10 Å². The van der Waals surface area contributed by atoms with Crippen molar-refractivity contribution in [1.82, 2.24) is 0 Å². The van der Waals surface area contributed by atoms with E-state index in [2.05, 4.69) is 19.7 Å². The lowest BCUT2D eigenvalue weighted by Crippen LogP contribution is -2.29. The van der Waals surface area contributed by atoms with E-state index in [-0.39, 0.29) is 94.9 Å². The van der Waals surface area contributed by atoms with Crippen LogP contribution in [0, 0.1) is 0 Å². The third-order valence-electron chi connectivity index (χ3n) is 2.69. The summed E-state index contributed by atoms with van der Waals surface area (Å²) in [5, 5.41) is 0. The van der Waals surface area contributed by atoms with Gasteiger partial charge < -0.3 is 28.4 Å². The van der Waals surface area contributed by atoms with Crippen LogP contribution < -0.4 is 0 Å². The van der Waals surface area contributed by atoms with E-state index in [9.17, 15) is 14.4 Å². The lowest BCUT2D eigenvalue weighted by Gasteiger charge is -2.18. The first-order valence-corrected chi connectivity index (χ1v) is 7.90. The highest BCUT2D eigenvalue weighted by atomic mass is 16.7. The molecule has 0 heterocycles. The Bertz CT molecular complexity index is 534. The Hall–Kier alpha value is -2.49. The van der Waals surface area contributed by atoms with Crippen molar-refractivity contribution in [3.05, 3.63) is 36.5 Å². The van der Waals surface area contributed by atoms with E-state index in [0.717, 1.165) is 0 Å². The lowest BCUT2D eigenvalue weighted by molar-refractivity contribution is -0.180. The molecule has 33 heavy (non-hydrogen) atoms. The van der Waals surface area contributed by atoms with Crippen LogP contribution in [0.1, 0.15) is 65.3 Å². The molecule has 0 aromatic heterocycles. The van der Waals surface area contributed by atoms with Crippen LogP contribution in [0.2, 0.25) is 0 Å². The molecular formula is C24H50O9. The molecule has 0 unspecified atom stereocenters. The molecule has 0 aromatic carbocycles. The molecule has 0 rings (SSSR count). The molecule has 200 valence electrons. The normalized spacial score (nSPS) is 8.36. The van der Waals surface area contributed by atoms with E-state index in [4.69, 9.17) is 28.4 Å². The molecular weight excluding hydrogens is 432 g/mol. The zero-order valence-electron chi connectivity index (χ0n) is 15.9. The summed E-state index contributed by atoms with van der Waals surface area (Å²) in [5.74, 6) is -1.79. The second-order valence-corrected chi connectivity index (χ2v) is 5.52. The summed E-state index contributed by atoms with van der Waals surface area (Å²) in [6.45, 7) is 13.8. The minimum Gasteiger partial charge on any atom is -0.435 e. The van der Waals surface area contributed by atoms with Crippen molar-refractivity contribution in [2.75, 3.05) is 33.6 Å². The first-order chi connectivity index (χ1) is 12.6. The molecule has 0 saturated heterocycles. The second-order valence-electron chi connectivity index (χ2n) is 5.52. The topological polar surface area (TPSA) is 107 Å². The number of carbonyl (C=O) groups is 3. The van der Waals surface area contributed by atoms with Crippen molar-refractivity contribution in [3.63, 3.8) is 0 Å². The molecule has 9 heteroatoms. The van der Waals surface area contributed by atoms with Crippen molar-refractivity contribution in [2.24, 2.45) is 0 Å². The van der Waals surface area contributed by atoms with Gasteiger partial charge in [-0.05, 0) is 20.8 Å². The quantitative estimate of drug-likeness (QED) is 0.105. The summed E-state index contributed by atoms with van der Waals surface area (Å²) < 4.78 is 30.0. The van der Waals surface area contributed by atoms with Gasteiger partial charge in [-0.1, -0.05) is 64.3 Å². The molecule has 0 aromatic rings. The van der Waals surface area contributed by atoms with E-state index in [1.165, 1.54) is 20.8 Å². The van der Waals surface area contributed by atoms with Crippen LogP contribution in [0.3, 0.4) is 0 Å². The van der Waals surface area contributed by atoms with Crippen LogP contribution in [0.25, 0.3) is 0 Å². The third kappa shape index (κ3) is 25.6. The summed E-state index contributed by atoms with van der Waals surface area (Å²) in [6, 6.07) is 0. The van der Waals surface area contributed by atoms with Gasteiger partial charge in [0.15, 0.2) is 20.4 Å². The predicted molar refractivity (Wildman–Crippen MR) is 134 cm³/mol. The molecule has 0 saturated carbocycles. The number of hydrogen-bond acceptors (Lipinski definition) is 9. The predicted octanol–water partition coefficient (Wildman–Crippen LogP) is 5.45. The first kappa shape index (κ1) is 48.1. The van der Waals surface area contributed by atoms with Crippen molar-refractivity contribution in [2.45, 2.75) is 71.4 Å². The summed E-state index contributed by atoms with van der Waals surface area (Å²) in [6.07, 6.45) is -0.685. The number of hydrogen-bond donors (Lipinski definition) is 0. The molecule has 0 fully saturated rings. The fourth-order valence-electron chi connectivity index (χ4n) is 1.25. The monoisotopic (exact) mass is 482 g/mol. The maximum absolute atomic E-state index is 11.3. The van der Waals surface area contributed by atoms with E-state index in [1.807, 2.05) is 0 Å². The van der Waals surface area contributed by atoms with E-state index in [1.54, 1.807) is 0 Å². The molecule has 0 bridgehead atoms. The van der Waals surface area contributed by atoms with Crippen LogP contribution in [0.4, 0.5) is 0 Å². The zero-order chi connectivity index (χ0) is 20.8. The molecule has 0 aliphatic rings. The number of esters is 3. The average Bonchev–Trinajstić information content (AvgIpc) is 2.60. The Balaban J connectivity index is -0.000000225. The number of rotatable bonds is 14. The number of ether oxygens (including phenoxy) is 6. The Morgan fingerprint density at radius 2 is 0.848 bits per heavy atom. The summed E-state index contributed by atoms with van der Waals surface area (Å²) in [7, 11) is 0. The standard InChI is InChI=1S/C18H26O9.6CH4/c1-12(2)16(19)25-9-22-7-15(24-11-27-18(21)14(5)6)8-23-10-26-17(20)13(3)4;;;;;;/h15H,1,3,5,7-11H2,2,4,6H3;6*1H4. The van der Waals surface area contributed by atoms with Crippen LogP contribution in [-0.2, 0) is 42.8 Å². The first-order valence-electron chi connectivity index (χ1n) is 7.90. The van der Waals surface area contributed by atoms with Crippen LogP contribution in [-0.4, -0.2) is 57.6 Å².